The van der Waals surface area contributed by atoms with E-state index in [0.717, 1.165) is 12.1 Å². The van der Waals surface area contributed by atoms with Crippen molar-refractivity contribution in [1.29, 1.82) is 0 Å². The second-order valence-corrected chi connectivity index (χ2v) is 4.40. The van der Waals surface area contributed by atoms with E-state index < -0.39 is 30.5 Å². The van der Waals surface area contributed by atoms with E-state index in [2.05, 4.69) is 14.8 Å². The molecule has 0 amide bonds. The lowest BCUT2D eigenvalue weighted by molar-refractivity contribution is -0.0691. The van der Waals surface area contributed by atoms with E-state index in [1.807, 2.05) is 0 Å². The van der Waals surface area contributed by atoms with E-state index in [4.69, 9.17) is 0 Å². The average molecular weight is 333 g/mol. The van der Waals surface area contributed by atoms with Gasteiger partial charge in [-0.15, -0.1) is 0 Å². The molecule has 124 valence electrons. The van der Waals surface area contributed by atoms with Crippen molar-refractivity contribution in [2.75, 3.05) is 5.32 Å². The van der Waals surface area contributed by atoms with Crippen LogP contribution in [-0.4, -0.2) is 13.2 Å². The van der Waals surface area contributed by atoms with Crippen LogP contribution >= 0.6 is 0 Å². The van der Waals surface area contributed by atoms with Crippen LogP contribution in [0.1, 0.15) is 5.56 Å². The Morgan fingerprint density at radius 2 is 1.57 bits per heavy atom. The fraction of sp³-hybridized carbons (Fsp3) is 0.200. The summed E-state index contributed by atoms with van der Waals surface area (Å²) in [5.74, 6) is -1.44. The lowest BCUT2D eigenvalue weighted by Gasteiger charge is -2.14. The molecule has 2 aromatic carbocycles. The third-order valence-corrected chi connectivity index (χ3v) is 2.76. The zero-order valence-corrected chi connectivity index (χ0v) is 11.6. The average Bonchev–Trinajstić information content (AvgIpc) is 2.46. The van der Waals surface area contributed by atoms with Crippen molar-refractivity contribution in [3.05, 3.63) is 53.8 Å². The summed E-state index contributed by atoms with van der Waals surface area (Å²) in [6.45, 7) is -6.14. The second-order valence-electron chi connectivity index (χ2n) is 4.40. The summed E-state index contributed by atoms with van der Waals surface area (Å²) in [4.78, 5) is 0. The van der Waals surface area contributed by atoms with Gasteiger partial charge in [0.25, 0.3) is 0 Å². The number of hydrogen-bond donors (Lipinski definition) is 1. The predicted molar refractivity (Wildman–Crippen MR) is 73.4 cm³/mol. The van der Waals surface area contributed by atoms with Crippen molar-refractivity contribution >= 4 is 5.69 Å². The van der Waals surface area contributed by atoms with E-state index in [-0.39, 0.29) is 6.54 Å². The Morgan fingerprint density at radius 3 is 2.22 bits per heavy atom. The monoisotopic (exact) mass is 333 g/mol. The van der Waals surface area contributed by atoms with Gasteiger partial charge < -0.3 is 14.8 Å². The summed E-state index contributed by atoms with van der Waals surface area (Å²) in [6, 6.07) is 9.32. The Balaban J connectivity index is 2.12. The fourth-order valence-corrected chi connectivity index (χ4v) is 1.85. The third-order valence-electron chi connectivity index (χ3n) is 2.76. The third kappa shape index (κ3) is 5.32. The molecule has 0 heterocycles. The summed E-state index contributed by atoms with van der Waals surface area (Å²) in [5.41, 5.74) is 0.945. The van der Waals surface area contributed by atoms with E-state index >= 15 is 0 Å². The molecule has 2 aromatic rings. The quantitative estimate of drug-likeness (QED) is 0.749. The largest absolute Gasteiger partial charge is 0.431 e. The van der Waals surface area contributed by atoms with Crippen LogP contribution in [0, 0.1) is 5.82 Å². The molecule has 0 aliphatic carbocycles. The SMILES string of the molecule is Fc1cccc(CNc2ccc(OC(F)F)c(OC(F)F)c2)c1. The van der Waals surface area contributed by atoms with Crippen molar-refractivity contribution in [2.45, 2.75) is 19.8 Å². The van der Waals surface area contributed by atoms with Crippen LogP contribution < -0.4 is 14.8 Å². The van der Waals surface area contributed by atoms with Crippen molar-refractivity contribution in [2.24, 2.45) is 0 Å². The van der Waals surface area contributed by atoms with E-state index in [1.165, 1.54) is 24.3 Å². The van der Waals surface area contributed by atoms with Crippen molar-refractivity contribution in [1.82, 2.24) is 0 Å². The van der Waals surface area contributed by atoms with Crippen LogP contribution in [0.25, 0.3) is 0 Å². The zero-order valence-electron chi connectivity index (χ0n) is 11.6. The number of ether oxygens (including phenoxy) is 2. The van der Waals surface area contributed by atoms with Crippen LogP contribution in [0.5, 0.6) is 11.5 Å². The lowest BCUT2D eigenvalue weighted by atomic mass is 10.2. The van der Waals surface area contributed by atoms with Gasteiger partial charge in [0, 0.05) is 18.3 Å². The molecule has 23 heavy (non-hydrogen) atoms. The second kappa shape index (κ2) is 7.66. The standard InChI is InChI=1S/C15H12F5NO2/c16-10-3-1-2-9(6-10)8-21-11-4-5-12(22-14(17)18)13(7-11)23-15(19)20/h1-7,14-15,21H,8H2. The summed E-state index contributed by atoms with van der Waals surface area (Å²) in [6.07, 6.45) is 0. The number of hydrogen-bond acceptors (Lipinski definition) is 3. The summed E-state index contributed by atoms with van der Waals surface area (Å²) in [7, 11) is 0. The van der Waals surface area contributed by atoms with Gasteiger partial charge in [-0.2, -0.15) is 17.6 Å². The molecule has 0 atom stereocenters. The minimum Gasteiger partial charge on any atom is -0.431 e. The topological polar surface area (TPSA) is 30.5 Å². The fourth-order valence-electron chi connectivity index (χ4n) is 1.85. The smallest absolute Gasteiger partial charge is 0.387 e. The van der Waals surface area contributed by atoms with Crippen LogP contribution in [0.4, 0.5) is 27.6 Å². The number of anilines is 1. The molecule has 0 saturated carbocycles. The number of halogens is 5. The molecule has 0 fully saturated rings. The van der Waals surface area contributed by atoms with Crippen molar-refractivity contribution < 1.29 is 31.4 Å². The first-order chi connectivity index (χ1) is 10.9. The van der Waals surface area contributed by atoms with E-state index in [9.17, 15) is 22.0 Å². The van der Waals surface area contributed by atoms with Gasteiger partial charge in [0.2, 0.25) is 0 Å². The maximum atomic E-state index is 13.1. The number of nitrogens with one attached hydrogen (secondary N) is 1. The van der Waals surface area contributed by atoms with Gasteiger partial charge in [0.05, 0.1) is 0 Å². The highest BCUT2D eigenvalue weighted by molar-refractivity contribution is 5.55. The molecule has 2 rings (SSSR count). The number of benzene rings is 2. The maximum absolute atomic E-state index is 13.1. The van der Waals surface area contributed by atoms with Crippen molar-refractivity contribution in [3.63, 3.8) is 0 Å². The molecule has 0 spiro atoms. The molecule has 0 radical (unpaired) electrons. The first kappa shape index (κ1) is 16.9. The summed E-state index contributed by atoms with van der Waals surface area (Å²) >= 11 is 0. The molecule has 8 heteroatoms. The molecule has 0 saturated heterocycles. The first-order valence-electron chi connectivity index (χ1n) is 6.46. The zero-order chi connectivity index (χ0) is 16.8. The molecule has 0 aromatic heterocycles. The first-order valence-corrected chi connectivity index (χ1v) is 6.46. The molecule has 3 nitrogen and oxygen atoms in total. The normalized spacial score (nSPS) is 10.9. The van der Waals surface area contributed by atoms with Gasteiger partial charge in [0.15, 0.2) is 11.5 Å². The molecule has 0 aliphatic rings. The molecule has 0 aliphatic heterocycles. The van der Waals surface area contributed by atoms with Crippen molar-refractivity contribution in [3.8, 4) is 11.5 Å². The number of rotatable bonds is 7. The van der Waals surface area contributed by atoms with Crippen LogP contribution in [0.3, 0.4) is 0 Å². The van der Waals surface area contributed by atoms with Gasteiger partial charge in [-0.1, -0.05) is 12.1 Å². The minimum absolute atomic E-state index is 0.209. The predicted octanol–water partition coefficient (Wildman–Crippen LogP) is 4.64. The minimum atomic E-state index is -3.19. The van der Waals surface area contributed by atoms with Gasteiger partial charge in [-0.05, 0) is 29.8 Å². The Hall–Kier alpha value is -2.51. The van der Waals surface area contributed by atoms with E-state index in [1.54, 1.807) is 6.07 Å². The van der Waals surface area contributed by atoms with Crippen LogP contribution in [-0.2, 0) is 6.54 Å². The lowest BCUT2D eigenvalue weighted by Crippen LogP contribution is -2.08. The highest BCUT2D eigenvalue weighted by Gasteiger charge is 2.15. The molecule has 0 bridgehead atoms. The Bertz CT molecular complexity index is 652. The van der Waals surface area contributed by atoms with Crippen LogP contribution in [0.15, 0.2) is 42.5 Å². The highest BCUT2D eigenvalue weighted by atomic mass is 19.3. The van der Waals surface area contributed by atoms with Gasteiger partial charge >= 0.3 is 13.2 Å². The van der Waals surface area contributed by atoms with Gasteiger partial charge in [0.1, 0.15) is 5.82 Å². The Morgan fingerprint density at radius 1 is 0.870 bits per heavy atom. The molecular formula is C15H12F5NO2. The molecule has 0 unspecified atom stereocenters. The highest BCUT2D eigenvalue weighted by Crippen LogP contribution is 2.33. The summed E-state index contributed by atoms with van der Waals surface area (Å²) in [5, 5.41) is 2.85. The Labute approximate surface area is 128 Å². The number of alkyl halides is 4. The van der Waals surface area contributed by atoms with Crippen LogP contribution in [0.2, 0.25) is 0 Å². The van der Waals surface area contributed by atoms with Gasteiger partial charge in [-0.25, -0.2) is 4.39 Å². The molecular weight excluding hydrogens is 321 g/mol. The van der Waals surface area contributed by atoms with Gasteiger partial charge in [-0.3, -0.25) is 0 Å². The Kier molecular flexibility index (Phi) is 5.61. The molecule has 1 N–H and O–H groups in total. The van der Waals surface area contributed by atoms with E-state index in [0.29, 0.717) is 11.3 Å². The summed E-state index contributed by atoms with van der Waals surface area (Å²) < 4.78 is 70.5. The maximum Gasteiger partial charge on any atom is 0.387 e.